The molecule has 0 saturated carbocycles. The molecule has 0 aliphatic carbocycles. The summed E-state index contributed by atoms with van der Waals surface area (Å²) in [6.45, 7) is 14.5. The lowest BCUT2D eigenvalue weighted by molar-refractivity contribution is 0.287. The Morgan fingerprint density at radius 1 is 0.808 bits per heavy atom. The first-order chi connectivity index (χ1) is 12.3. The van der Waals surface area contributed by atoms with Crippen molar-refractivity contribution in [1.82, 2.24) is 0 Å². The van der Waals surface area contributed by atoms with Crippen molar-refractivity contribution in [3.05, 3.63) is 34.4 Å². The van der Waals surface area contributed by atoms with Gasteiger partial charge in [-0.05, 0) is 47.9 Å². The molecule has 3 rings (SSSR count). The minimum atomic E-state index is 0.296. The first-order valence-electron chi connectivity index (χ1n) is 9.81. The van der Waals surface area contributed by atoms with E-state index in [1.807, 2.05) is 0 Å². The second-order valence-electron chi connectivity index (χ2n) is 8.35. The molecule has 142 valence electrons. The van der Waals surface area contributed by atoms with Gasteiger partial charge in [-0.25, -0.2) is 9.98 Å². The summed E-state index contributed by atoms with van der Waals surface area (Å²) in [5, 5.41) is 0. The van der Waals surface area contributed by atoms with Crippen LogP contribution in [-0.4, -0.2) is 37.1 Å². The van der Waals surface area contributed by atoms with Gasteiger partial charge in [-0.2, -0.15) is 0 Å². The summed E-state index contributed by atoms with van der Waals surface area (Å²) < 4.78 is 11.7. The maximum absolute atomic E-state index is 5.83. The topological polar surface area (TPSA) is 43.2 Å². The largest absolute Gasteiger partial charge is 0.478 e. The van der Waals surface area contributed by atoms with Gasteiger partial charge in [0.25, 0.3) is 0 Å². The summed E-state index contributed by atoms with van der Waals surface area (Å²) >= 11 is 0. The van der Waals surface area contributed by atoms with E-state index in [9.17, 15) is 0 Å². The zero-order chi connectivity index (χ0) is 18.8. The molecule has 2 atom stereocenters. The van der Waals surface area contributed by atoms with E-state index < -0.39 is 0 Å². The molecule has 26 heavy (non-hydrogen) atoms. The highest BCUT2D eigenvalue weighted by molar-refractivity contribution is 5.82. The molecule has 0 radical (unpaired) electrons. The summed E-state index contributed by atoms with van der Waals surface area (Å²) in [6.07, 6.45) is 1.54. The summed E-state index contributed by atoms with van der Waals surface area (Å²) in [5.74, 6) is 2.79. The maximum Gasteiger partial charge on any atom is 0.188 e. The van der Waals surface area contributed by atoms with Crippen molar-refractivity contribution < 1.29 is 9.47 Å². The van der Waals surface area contributed by atoms with Crippen LogP contribution in [0, 0.1) is 25.7 Å². The number of rotatable bonds is 6. The summed E-state index contributed by atoms with van der Waals surface area (Å²) in [5.41, 5.74) is 5.15. The fraction of sp³-hybridized carbons (Fsp3) is 0.636. The molecule has 0 spiro atoms. The minimum absolute atomic E-state index is 0.296. The van der Waals surface area contributed by atoms with Crippen molar-refractivity contribution in [3.63, 3.8) is 0 Å². The van der Waals surface area contributed by atoms with E-state index in [0.29, 0.717) is 37.1 Å². The average molecular weight is 357 g/mol. The molecule has 4 heteroatoms. The van der Waals surface area contributed by atoms with Gasteiger partial charge in [-0.15, -0.1) is 0 Å². The van der Waals surface area contributed by atoms with Gasteiger partial charge in [0, 0.05) is 12.8 Å². The SMILES string of the molecule is Cc1cc(C)c(CC2=N[C@@H](C(C)C)CO2)cc1CC1=N[C@@H](C(C)C)CO1. The van der Waals surface area contributed by atoms with Crippen LogP contribution in [0.5, 0.6) is 0 Å². The highest BCUT2D eigenvalue weighted by Crippen LogP contribution is 2.23. The molecule has 2 heterocycles. The predicted octanol–water partition coefficient (Wildman–Crippen LogP) is 4.30. The zero-order valence-electron chi connectivity index (χ0n) is 17.0. The van der Waals surface area contributed by atoms with Crippen LogP contribution in [0.3, 0.4) is 0 Å². The Bertz CT molecular complexity index is 662. The quantitative estimate of drug-likeness (QED) is 0.763. The molecule has 4 nitrogen and oxygen atoms in total. The molecule has 0 saturated heterocycles. The van der Waals surface area contributed by atoms with Crippen LogP contribution < -0.4 is 0 Å². The van der Waals surface area contributed by atoms with Gasteiger partial charge in [-0.1, -0.05) is 39.8 Å². The highest BCUT2D eigenvalue weighted by atomic mass is 16.5. The van der Waals surface area contributed by atoms with Crippen LogP contribution >= 0.6 is 0 Å². The van der Waals surface area contributed by atoms with Gasteiger partial charge in [0.2, 0.25) is 0 Å². The lowest BCUT2D eigenvalue weighted by atomic mass is 9.96. The van der Waals surface area contributed by atoms with Gasteiger partial charge < -0.3 is 9.47 Å². The van der Waals surface area contributed by atoms with Gasteiger partial charge in [0.05, 0.1) is 12.1 Å². The fourth-order valence-corrected chi connectivity index (χ4v) is 3.41. The Hall–Kier alpha value is -1.84. The third kappa shape index (κ3) is 4.28. The molecule has 0 bridgehead atoms. The number of benzene rings is 1. The standard InChI is InChI=1S/C22H32N2O2/c1-13(2)19-11-25-21(23-19)9-17-8-18(16(6)7-15(17)5)10-22-24-20(12-26-22)14(3)4/h7-8,13-14,19-20H,9-12H2,1-6H3/t19-,20-/m1/s1. The maximum atomic E-state index is 5.83. The molecule has 2 aliphatic heterocycles. The third-order valence-electron chi connectivity index (χ3n) is 5.48. The second-order valence-corrected chi connectivity index (χ2v) is 8.35. The Morgan fingerprint density at radius 2 is 1.23 bits per heavy atom. The fourth-order valence-electron chi connectivity index (χ4n) is 3.41. The number of nitrogens with zero attached hydrogens (tertiary/aromatic N) is 2. The van der Waals surface area contributed by atoms with Gasteiger partial charge >= 0.3 is 0 Å². The molecular formula is C22H32N2O2. The van der Waals surface area contributed by atoms with Crippen LogP contribution in [0.15, 0.2) is 22.1 Å². The molecule has 0 unspecified atom stereocenters. The highest BCUT2D eigenvalue weighted by Gasteiger charge is 2.24. The third-order valence-corrected chi connectivity index (χ3v) is 5.48. The molecule has 1 aromatic carbocycles. The van der Waals surface area contributed by atoms with Gasteiger partial charge in [-0.3, -0.25) is 0 Å². The first kappa shape index (κ1) is 18.9. The Kier molecular flexibility index (Phi) is 5.69. The van der Waals surface area contributed by atoms with Crippen molar-refractivity contribution in [2.24, 2.45) is 21.8 Å². The number of ether oxygens (including phenoxy) is 2. The molecule has 1 aromatic rings. The number of hydrogen-bond donors (Lipinski definition) is 0. The zero-order valence-corrected chi connectivity index (χ0v) is 17.0. The van der Waals surface area contributed by atoms with Gasteiger partial charge in [0.1, 0.15) is 13.2 Å². The van der Waals surface area contributed by atoms with Gasteiger partial charge in [0.15, 0.2) is 11.8 Å². The van der Waals surface area contributed by atoms with Crippen molar-refractivity contribution in [2.45, 2.75) is 66.5 Å². The second kappa shape index (κ2) is 7.81. The van der Waals surface area contributed by atoms with Crippen molar-refractivity contribution >= 4 is 11.8 Å². The molecule has 0 fully saturated rings. The lowest BCUT2D eigenvalue weighted by Gasteiger charge is -2.12. The van der Waals surface area contributed by atoms with Crippen molar-refractivity contribution in [1.29, 1.82) is 0 Å². The summed E-state index contributed by atoms with van der Waals surface area (Å²) in [6, 6.07) is 5.14. The Morgan fingerprint density at radius 3 is 1.58 bits per heavy atom. The van der Waals surface area contributed by atoms with E-state index in [2.05, 4.69) is 53.7 Å². The molecule has 0 amide bonds. The predicted molar refractivity (Wildman–Crippen MR) is 107 cm³/mol. The van der Waals surface area contributed by atoms with E-state index in [-0.39, 0.29) is 0 Å². The summed E-state index contributed by atoms with van der Waals surface area (Å²) in [4.78, 5) is 9.51. The van der Waals surface area contributed by atoms with Crippen LogP contribution in [0.25, 0.3) is 0 Å². The Balaban J connectivity index is 1.76. The number of aryl methyl sites for hydroxylation is 2. The van der Waals surface area contributed by atoms with Crippen LogP contribution in [0.1, 0.15) is 49.9 Å². The molecule has 0 aromatic heterocycles. The van der Waals surface area contributed by atoms with Crippen LogP contribution in [0.4, 0.5) is 0 Å². The molecule has 2 aliphatic rings. The average Bonchev–Trinajstić information content (AvgIpc) is 3.21. The number of aliphatic imine (C=N–C) groups is 2. The lowest BCUT2D eigenvalue weighted by Crippen LogP contribution is -2.13. The van der Waals surface area contributed by atoms with E-state index in [0.717, 1.165) is 24.6 Å². The van der Waals surface area contributed by atoms with Crippen LogP contribution in [-0.2, 0) is 22.3 Å². The normalized spacial score (nSPS) is 22.5. The monoisotopic (exact) mass is 356 g/mol. The first-order valence-corrected chi connectivity index (χ1v) is 9.81. The van der Waals surface area contributed by atoms with Crippen LogP contribution in [0.2, 0.25) is 0 Å². The smallest absolute Gasteiger partial charge is 0.188 e. The molecule has 0 N–H and O–H groups in total. The van der Waals surface area contributed by atoms with Crippen molar-refractivity contribution in [2.75, 3.05) is 13.2 Å². The Labute approximate surface area is 157 Å². The van der Waals surface area contributed by atoms with E-state index in [1.54, 1.807) is 0 Å². The van der Waals surface area contributed by atoms with E-state index >= 15 is 0 Å². The molecular weight excluding hydrogens is 324 g/mol. The minimum Gasteiger partial charge on any atom is -0.478 e. The van der Waals surface area contributed by atoms with E-state index in [4.69, 9.17) is 19.5 Å². The number of hydrogen-bond acceptors (Lipinski definition) is 4. The summed E-state index contributed by atoms with van der Waals surface area (Å²) in [7, 11) is 0. The van der Waals surface area contributed by atoms with Crippen molar-refractivity contribution in [3.8, 4) is 0 Å². The van der Waals surface area contributed by atoms with E-state index in [1.165, 1.54) is 22.3 Å².